The van der Waals surface area contributed by atoms with Crippen LogP contribution in [0.1, 0.15) is 101 Å². The van der Waals surface area contributed by atoms with E-state index in [-0.39, 0.29) is 6.71 Å². The largest absolute Gasteiger partial charge is 0.311 e. The summed E-state index contributed by atoms with van der Waals surface area (Å²) >= 11 is 0. The smallest absolute Gasteiger partial charge is 0.252 e. The van der Waals surface area contributed by atoms with Gasteiger partial charge in [0.05, 0.1) is 5.69 Å². The van der Waals surface area contributed by atoms with Crippen LogP contribution in [0.3, 0.4) is 0 Å². The van der Waals surface area contributed by atoms with E-state index in [2.05, 4.69) is 224 Å². The van der Waals surface area contributed by atoms with Crippen LogP contribution in [0.2, 0.25) is 0 Å². The molecule has 348 valence electrons. The zero-order chi connectivity index (χ0) is 47.6. The molecule has 9 aromatic rings. The van der Waals surface area contributed by atoms with Crippen molar-refractivity contribution in [1.82, 2.24) is 0 Å². The lowest BCUT2D eigenvalue weighted by Gasteiger charge is -2.45. The van der Waals surface area contributed by atoms with Crippen molar-refractivity contribution >= 4 is 95.8 Å². The van der Waals surface area contributed by atoms with Crippen LogP contribution in [-0.2, 0) is 25.7 Å². The molecular weight excluding hydrogens is 846 g/mol. The molecule has 0 amide bonds. The van der Waals surface area contributed by atoms with Crippen molar-refractivity contribution in [3.05, 3.63) is 204 Å². The van der Waals surface area contributed by atoms with Crippen LogP contribution in [0.25, 0.3) is 21.5 Å². The fourth-order valence-electron chi connectivity index (χ4n) is 11.3. The molecule has 0 aromatic heterocycles. The second-order valence-corrected chi connectivity index (χ2v) is 19.9. The van der Waals surface area contributed by atoms with Crippen LogP contribution >= 0.6 is 0 Å². The third kappa shape index (κ3) is 8.68. The van der Waals surface area contributed by atoms with Gasteiger partial charge >= 0.3 is 0 Å². The van der Waals surface area contributed by atoms with Gasteiger partial charge in [0.15, 0.2) is 0 Å². The predicted molar refractivity (Wildman–Crippen MR) is 305 cm³/mol. The van der Waals surface area contributed by atoms with Gasteiger partial charge in [-0.1, -0.05) is 163 Å². The summed E-state index contributed by atoms with van der Waals surface area (Å²) in [6, 6.07) is 70.4. The van der Waals surface area contributed by atoms with Gasteiger partial charge < -0.3 is 14.7 Å². The molecule has 4 heteroatoms. The molecule has 0 N–H and O–H groups in total. The molecule has 0 aliphatic carbocycles. The first-order chi connectivity index (χ1) is 34.5. The topological polar surface area (TPSA) is 9.72 Å². The van der Waals surface area contributed by atoms with E-state index in [0.29, 0.717) is 0 Å². The number of fused-ring (bicyclic) bond motifs is 6. The van der Waals surface area contributed by atoms with E-state index in [9.17, 15) is 0 Å². The van der Waals surface area contributed by atoms with Crippen molar-refractivity contribution in [3.8, 4) is 0 Å². The van der Waals surface area contributed by atoms with Gasteiger partial charge in [0.25, 0.3) is 6.71 Å². The van der Waals surface area contributed by atoms with E-state index < -0.39 is 0 Å². The average molecular weight is 912 g/mol. The molecule has 2 aliphatic rings. The highest BCUT2D eigenvalue weighted by molar-refractivity contribution is 7.00. The Bertz CT molecular complexity index is 3080. The Kier molecular flexibility index (Phi) is 13.1. The predicted octanol–water partition coefficient (Wildman–Crippen LogP) is 16.9. The average Bonchev–Trinajstić information content (AvgIpc) is 3.41. The molecule has 3 nitrogen and oxygen atoms in total. The minimum Gasteiger partial charge on any atom is -0.311 e. The highest BCUT2D eigenvalue weighted by atomic mass is 15.2. The van der Waals surface area contributed by atoms with Gasteiger partial charge in [-0.2, -0.15) is 0 Å². The second kappa shape index (κ2) is 20.1. The van der Waals surface area contributed by atoms with Crippen LogP contribution < -0.4 is 31.1 Å². The molecule has 0 saturated carbocycles. The summed E-state index contributed by atoms with van der Waals surface area (Å²) in [5, 5.41) is 4.92. The van der Waals surface area contributed by atoms with E-state index in [0.717, 1.165) is 42.7 Å². The molecule has 0 unspecified atom stereocenters. The number of benzene rings is 9. The number of anilines is 9. The van der Waals surface area contributed by atoms with Gasteiger partial charge in [-0.25, -0.2) is 0 Å². The monoisotopic (exact) mass is 912 g/mol. The van der Waals surface area contributed by atoms with E-state index in [1.807, 2.05) is 0 Å². The van der Waals surface area contributed by atoms with Crippen LogP contribution in [0, 0.1) is 0 Å². The Morgan fingerprint density at radius 3 is 1.14 bits per heavy atom. The zero-order valence-electron chi connectivity index (χ0n) is 41.7. The minimum absolute atomic E-state index is 0.0437. The molecule has 0 radical (unpaired) electrons. The lowest BCUT2D eigenvalue weighted by atomic mass is 9.33. The van der Waals surface area contributed by atoms with E-state index in [1.54, 1.807) is 0 Å². The molecule has 0 saturated heterocycles. The van der Waals surface area contributed by atoms with Crippen molar-refractivity contribution in [3.63, 3.8) is 0 Å². The summed E-state index contributed by atoms with van der Waals surface area (Å²) < 4.78 is 0. The first-order valence-corrected chi connectivity index (χ1v) is 26.5. The third-order valence-corrected chi connectivity index (χ3v) is 15.1. The second-order valence-electron chi connectivity index (χ2n) is 19.9. The Morgan fingerprint density at radius 1 is 0.343 bits per heavy atom. The van der Waals surface area contributed by atoms with Crippen LogP contribution in [0.4, 0.5) is 51.2 Å². The van der Waals surface area contributed by atoms with Crippen molar-refractivity contribution in [1.29, 1.82) is 0 Å². The highest BCUT2D eigenvalue weighted by Gasteiger charge is 2.44. The highest BCUT2D eigenvalue weighted by Crippen LogP contribution is 2.49. The molecule has 70 heavy (non-hydrogen) atoms. The minimum atomic E-state index is 0.0437. The van der Waals surface area contributed by atoms with Crippen molar-refractivity contribution < 1.29 is 0 Å². The summed E-state index contributed by atoms with van der Waals surface area (Å²) in [6.45, 7) is 9.23. The molecule has 0 fully saturated rings. The van der Waals surface area contributed by atoms with Crippen molar-refractivity contribution in [2.45, 2.75) is 105 Å². The summed E-state index contributed by atoms with van der Waals surface area (Å²) in [5.74, 6) is 0. The summed E-state index contributed by atoms with van der Waals surface area (Å²) in [6.07, 6.45) is 13.8. The lowest BCUT2D eigenvalue weighted by molar-refractivity contribution is 0.795. The summed E-state index contributed by atoms with van der Waals surface area (Å²) in [7, 11) is 0. The van der Waals surface area contributed by atoms with Gasteiger partial charge in [0.1, 0.15) is 0 Å². The first kappa shape index (κ1) is 45.4. The Morgan fingerprint density at radius 2 is 0.729 bits per heavy atom. The van der Waals surface area contributed by atoms with Crippen LogP contribution in [-0.4, -0.2) is 6.71 Å². The maximum absolute atomic E-state index is 2.61. The molecule has 11 rings (SSSR count). The zero-order valence-corrected chi connectivity index (χ0v) is 41.7. The number of aryl methyl sites for hydroxylation is 4. The van der Waals surface area contributed by atoms with Crippen molar-refractivity contribution in [2.75, 3.05) is 14.7 Å². The SMILES string of the molecule is CCCCc1ccc(N2c3ccc(CCCC)cc3B3c4cc(CCCC)ccc4N(c4ccc(CCCC)cc4)c4cc(N(c5ccc6ccccc6c5)c5ccc6ccccc6c5)cc2c43)cc1. The Labute approximate surface area is 417 Å². The Hall–Kier alpha value is -7.04. The van der Waals surface area contributed by atoms with Gasteiger partial charge in [-0.15, -0.1) is 0 Å². The fraction of sp³-hybridized carbons (Fsp3) is 0.242. The standard InChI is InChI=1S/C66H66BN3/c1-5-9-17-47-25-33-55(34-26-47)69-62-39-29-49(19-11-7-3)41-60(62)67-61-42-50(20-12-8-4)30-40-63(61)70(56-35-27-48(28-36-56)18-10-6-2)65-46-59(45-64(69)66(65)67)68(57-37-31-51-21-13-15-23-53(51)43-57)58-38-32-52-22-14-16-24-54(52)44-58/h13-16,21-46H,5-12,17-20H2,1-4H3. The number of unbranched alkanes of at least 4 members (excludes halogenated alkanes) is 4. The van der Waals surface area contributed by atoms with Gasteiger partial charge in [-0.3, -0.25) is 0 Å². The quantitative estimate of drug-likeness (QED) is 0.0843. The van der Waals surface area contributed by atoms with Crippen LogP contribution in [0.15, 0.2) is 182 Å². The van der Waals surface area contributed by atoms with E-state index in [1.165, 1.54) is 146 Å². The Balaban J connectivity index is 1.23. The molecule has 0 bridgehead atoms. The summed E-state index contributed by atoms with van der Waals surface area (Å²) in [5.41, 5.74) is 20.6. The van der Waals surface area contributed by atoms with Gasteiger partial charge in [0.2, 0.25) is 0 Å². The molecule has 9 aromatic carbocycles. The van der Waals surface area contributed by atoms with E-state index in [4.69, 9.17) is 0 Å². The number of hydrogen-bond acceptors (Lipinski definition) is 3. The molecular formula is C66H66BN3. The van der Waals surface area contributed by atoms with Crippen LogP contribution in [0.5, 0.6) is 0 Å². The summed E-state index contributed by atoms with van der Waals surface area (Å²) in [4.78, 5) is 7.73. The number of hydrogen-bond donors (Lipinski definition) is 0. The number of nitrogens with zero attached hydrogens (tertiary/aromatic N) is 3. The maximum Gasteiger partial charge on any atom is 0.252 e. The lowest BCUT2D eigenvalue weighted by Crippen LogP contribution is -2.61. The molecule has 0 atom stereocenters. The van der Waals surface area contributed by atoms with Crippen molar-refractivity contribution in [2.24, 2.45) is 0 Å². The fourth-order valence-corrected chi connectivity index (χ4v) is 11.3. The molecule has 2 aliphatic heterocycles. The number of rotatable bonds is 17. The first-order valence-electron chi connectivity index (χ1n) is 26.5. The van der Waals surface area contributed by atoms with Gasteiger partial charge in [0, 0.05) is 45.5 Å². The third-order valence-electron chi connectivity index (χ3n) is 15.1. The molecule has 0 spiro atoms. The maximum atomic E-state index is 2.61. The normalized spacial score (nSPS) is 12.6. The van der Waals surface area contributed by atoms with Gasteiger partial charge in [-0.05, 0) is 184 Å². The van der Waals surface area contributed by atoms with E-state index >= 15 is 0 Å². The molecule has 2 heterocycles.